The number of nitrogens with one attached hydrogen (secondary N) is 1. The molecule has 4 rings (SSSR count). The normalized spacial score (nSPS) is 15.2. The van der Waals surface area contributed by atoms with Crippen molar-refractivity contribution in [1.29, 1.82) is 0 Å². The standard InChI is InChI=1S/C20H22N6O2/c1-15(16-2-6-18(7-3-16)25-10-12-28-13-11-25)22-20(27)17-4-8-19(9-5-17)26-14-21-23-24-26/h2-9,14-15H,10-13H2,1H3,(H,22,27). The summed E-state index contributed by atoms with van der Waals surface area (Å²) in [4.78, 5) is 14.9. The van der Waals surface area contributed by atoms with Crippen LogP contribution < -0.4 is 10.2 Å². The first kappa shape index (κ1) is 18.1. The molecular formula is C20H22N6O2. The number of nitrogens with zero attached hydrogens (tertiary/aromatic N) is 5. The quantitative estimate of drug-likeness (QED) is 0.731. The summed E-state index contributed by atoms with van der Waals surface area (Å²) in [6, 6.07) is 15.4. The van der Waals surface area contributed by atoms with E-state index in [1.807, 2.05) is 19.1 Å². The Labute approximate surface area is 163 Å². The predicted octanol–water partition coefficient (Wildman–Crippen LogP) is 1.99. The van der Waals surface area contributed by atoms with E-state index in [-0.39, 0.29) is 11.9 Å². The molecule has 1 atom stereocenters. The van der Waals surface area contributed by atoms with Crippen molar-refractivity contribution in [2.75, 3.05) is 31.2 Å². The van der Waals surface area contributed by atoms with Crippen molar-refractivity contribution < 1.29 is 9.53 Å². The third kappa shape index (κ3) is 4.01. The molecule has 1 aromatic heterocycles. The number of aromatic nitrogens is 4. The highest BCUT2D eigenvalue weighted by molar-refractivity contribution is 5.94. The third-order valence-electron chi connectivity index (χ3n) is 4.86. The molecule has 28 heavy (non-hydrogen) atoms. The van der Waals surface area contributed by atoms with E-state index < -0.39 is 0 Å². The fraction of sp³-hybridized carbons (Fsp3) is 0.300. The van der Waals surface area contributed by atoms with Gasteiger partial charge in [0.05, 0.1) is 24.9 Å². The summed E-state index contributed by atoms with van der Waals surface area (Å²) >= 11 is 0. The van der Waals surface area contributed by atoms with Crippen LogP contribution in [-0.4, -0.2) is 52.4 Å². The predicted molar refractivity (Wildman–Crippen MR) is 105 cm³/mol. The number of carbonyl (C=O) groups is 1. The second kappa shape index (κ2) is 8.18. The highest BCUT2D eigenvalue weighted by atomic mass is 16.5. The molecule has 1 unspecified atom stereocenters. The Morgan fingerprint density at radius 3 is 2.36 bits per heavy atom. The molecule has 144 valence electrons. The van der Waals surface area contributed by atoms with Gasteiger partial charge in [-0.05, 0) is 59.3 Å². The van der Waals surface area contributed by atoms with Gasteiger partial charge in [-0.2, -0.15) is 0 Å². The van der Waals surface area contributed by atoms with E-state index >= 15 is 0 Å². The Morgan fingerprint density at radius 1 is 1.04 bits per heavy atom. The zero-order chi connectivity index (χ0) is 19.3. The van der Waals surface area contributed by atoms with E-state index in [9.17, 15) is 4.79 Å². The summed E-state index contributed by atoms with van der Waals surface area (Å²) in [6.45, 7) is 5.33. The van der Waals surface area contributed by atoms with Gasteiger partial charge in [0.2, 0.25) is 0 Å². The number of anilines is 1. The van der Waals surface area contributed by atoms with Crippen molar-refractivity contribution in [1.82, 2.24) is 25.5 Å². The molecule has 8 nitrogen and oxygen atoms in total. The lowest BCUT2D eigenvalue weighted by Crippen LogP contribution is -2.36. The van der Waals surface area contributed by atoms with Crippen molar-refractivity contribution in [2.24, 2.45) is 0 Å². The van der Waals surface area contributed by atoms with Crippen LogP contribution in [0.4, 0.5) is 5.69 Å². The molecule has 2 heterocycles. The Hall–Kier alpha value is -3.26. The zero-order valence-corrected chi connectivity index (χ0v) is 15.7. The molecule has 0 radical (unpaired) electrons. The second-order valence-corrected chi connectivity index (χ2v) is 6.69. The smallest absolute Gasteiger partial charge is 0.251 e. The van der Waals surface area contributed by atoms with E-state index in [1.54, 1.807) is 16.8 Å². The van der Waals surface area contributed by atoms with Gasteiger partial charge in [-0.25, -0.2) is 4.68 Å². The lowest BCUT2D eigenvalue weighted by Gasteiger charge is -2.29. The molecule has 1 N–H and O–H groups in total. The third-order valence-corrected chi connectivity index (χ3v) is 4.86. The number of hydrogen-bond donors (Lipinski definition) is 1. The van der Waals surface area contributed by atoms with E-state index in [1.165, 1.54) is 12.0 Å². The number of carbonyl (C=O) groups excluding carboxylic acids is 1. The van der Waals surface area contributed by atoms with Crippen LogP contribution in [-0.2, 0) is 4.74 Å². The Bertz CT molecular complexity index is 903. The van der Waals surface area contributed by atoms with Crippen LogP contribution in [0.3, 0.4) is 0 Å². The molecule has 0 aliphatic carbocycles. The van der Waals surface area contributed by atoms with Gasteiger partial charge in [0.1, 0.15) is 6.33 Å². The highest BCUT2D eigenvalue weighted by Gasteiger charge is 2.14. The maximum absolute atomic E-state index is 12.6. The molecule has 0 spiro atoms. The first-order valence-corrected chi connectivity index (χ1v) is 9.27. The van der Waals surface area contributed by atoms with Gasteiger partial charge < -0.3 is 15.0 Å². The van der Waals surface area contributed by atoms with Crippen LogP contribution in [0.1, 0.15) is 28.9 Å². The Morgan fingerprint density at radius 2 is 1.71 bits per heavy atom. The molecule has 1 fully saturated rings. The van der Waals surface area contributed by atoms with Crippen molar-refractivity contribution in [3.8, 4) is 5.69 Å². The van der Waals surface area contributed by atoms with E-state index in [4.69, 9.17) is 4.74 Å². The molecule has 0 bridgehead atoms. The van der Waals surface area contributed by atoms with Gasteiger partial charge in [-0.15, -0.1) is 5.10 Å². The average molecular weight is 378 g/mol. The van der Waals surface area contributed by atoms with E-state index in [0.29, 0.717) is 5.56 Å². The van der Waals surface area contributed by atoms with Crippen LogP contribution in [0.5, 0.6) is 0 Å². The SMILES string of the molecule is CC(NC(=O)c1ccc(-n2cnnn2)cc1)c1ccc(N2CCOCC2)cc1. The minimum absolute atomic E-state index is 0.0922. The number of benzene rings is 2. The summed E-state index contributed by atoms with van der Waals surface area (Å²) < 4.78 is 6.94. The molecular weight excluding hydrogens is 356 g/mol. The van der Waals surface area contributed by atoms with Crippen LogP contribution >= 0.6 is 0 Å². The van der Waals surface area contributed by atoms with E-state index in [2.05, 4.69) is 50.0 Å². The number of ether oxygens (including phenoxy) is 1. The fourth-order valence-corrected chi connectivity index (χ4v) is 3.20. The molecule has 2 aromatic carbocycles. The number of hydrogen-bond acceptors (Lipinski definition) is 6. The first-order chi connectivity index (χ1) is 13.7. The monoisotopic (exact) mass is 378 g/mol. The van der Waals surface area contributed by atoms with Crippen LogP contribution in [0.25, 0.3) is 5.69 Å². The van der Waals surface area contributed by atoms with E-state index in [0.717, 1.165) is 37.6 Å². The number of morpholine rings is 1. The molecule has 8 heteroatoms. The van der Waals surface area contributed by atoms with Crippen LogP contribution in [0, 0.1) is 0 Å². The highest BCUT2D eigenvalue weighted by Crippen LogP contribution is 2.20. The first-order valence-electron chi connectivity index (χ1n) is 9.27. The lowest BCUT2D eigenvalue weighted by atomic mass is 10.1. The van der Waals surface area contributed by atoms with Crippen molar-refractivity contribution in [3.63, 3.8) is 0 Å². The molecule has 1 aliphatic rings. The summed E-state index contributed by atoms with van der Waals surface area (Å²) in [5.74, 6) is -0.118. The summed E-state index contributed by atoms with van der Waals surface area (Å²) in [5.41, 5.74) is 3.64. The Kier molecular flexibility index (Phi) is 5.29. The number of amides is 1. The van der Waals surface area contributed by atoms with Gasteiger partial charge in [-0.3, -0.25) is 4.79 Å². The minimum Gasteiger partial charge on any atom is -0.378 e. The van der Waals surface area contributed by atoms with Gasteiger partial charge in [-0.1, -0.05) is 12.1 Å². The van der Waals surface area contributed by atoms with Gasteiger partial charge in [0.25, 0.3) is 5.91 Å². The van der Waals surface area contributed by atoms with Crippen molar-refractivity contribution in [2.45, 2.75) is 13.0 Å². The lowest BCUT2D eigenvalue weighted by molar-refractivity contribution is 0.0940. The second-order valence-electron chi connectivity index (χ2n) is 6.69. The number of tetrazole rings is 1. The zero-order valence-electron chi connectivity index (χ0n) is 15.7. The van der Waals surface area contributed by atoms with Crippen LogP contribution in [0.15, 0.2) is 54.9 Å². The maximum Gasteiger partial charge on any atom is 0.251 e. The minimum atomic E-state index is -0.118. The van der Waals surface area contributed by atoms with Crippen molar-refractivity contribution in [3.05, 3.63) is 66.0 Å². The molecule has 0 saturated carbocycles. The average Bonchev–Trinajstić information content (AvgIpc) is 3.29. The fourth-order valence-electron chi connectivity index (χ4n) is 3.20. The summed E-state index contributed by atoms with van der Waals surface area (Å²) in [7, 11) is 0. The Balaban J connectivity index is 1.38. The van der Waals surface area contributed by atoms with Gasteiger partial charge >= 0.3 is 0 Å². The number of rotatable bonds is 5. The summed E-state index contributed by atoms with van der Waals surface area (Å²) in [6.07, 6.45) is 1.51. The molecule has 1 saturated heterocycles. The summed E-state index contributed by atoms with van der Waals surface area (Å²) in [5, 5.41) is 14.1. The maximum atomic E-state index is 12.6. The van der Waals surface area contributed by atoms with Crippen LogP contribution in [0.2, 0.25) is 0 Å². The van der Waals surface area contributed by atoms with Gasteiger partial charge in [0.15, 0.2) is 0 Å². The molecule has 1 amide bonds. The molecule has 1 aliphatic heterocycles. The van der Waals surface area contributed by atoms with Gasteiger partial charge in [0, 0.05) is 24.3 Å². The largest absolute Gasteiger partial charge is 0.378 e. The molecule has 3 aromatic rings. The van der Waals surface area contributed by atoms with Crippen molar-refractivity contribution >= 4 is 11.6 Å². The topological polar surface area (TPSA) is 85.2 Å².